The molecule has 10 nitrogen and oxygen atoms in total. The van der Waals surface area contributed by atoms with Crippen LogP contribution in [0.2, 0.25) is 5.02 Å². The summed E-state index contributed by atoms with van der Waals surface area (Å²) in [6.07, 6.45) is 8.65. The zero-order valence-electron chi connectivity index (χ0n) is 29.4. The summed E-state index contributed by atoms with van der Waals surface area (Å²) in [6, 6.07) is 15.7. The summed E-state index contributed by atoms with van der Waals surface area (Å²) in [6.45, 7) is 4.46. The van der Waals surface area contributed by atoms with Crippen LogP contribution in [0.15, 0.2) is 54.7 Å². The second-order valence-corrected chi connectivity index (χ2v) is 14.7. The van der Waals surface area contributed by atoms with E-state index in [1.807, 2.05) is 71.6 Å². The lowest BCUT2D eigenvalue weighted by atomic mass is 9.84. The van der Waals surface area contributed by atoms with Gasteiger partial charge in [0.2, 0.25) is 11.8 Å². The molecule has 2 amide bonds. The van der Waals surface area contributed by atoms with Gasteiger partial charge in [0.25, 0.3) is 0 Å². The Bertz CT molecular complexity index is 1660. The Kier molecular flexibility index (Phi) is 10.5. The van der Waals surface area contributed by atoms with Gasteiger partial charge in [0.05, 0.1) is 44.1 Å². The molecule has 4 heterocycles. The molecule has 1 aliphatic carbocycles. The molecule has 2 saturated heterocycles. The van der Waals surface area contributed by atoms with Gasteiger partial charge < -0.3 is 24.0 Å². The molecule has 266 valence electrons. The lowest BCUT2D eigenvalue weighted by Crippen LogP contribution is -2.53. The molecule has 0 radical (unpaired) electrons. The average Bonchev–Trinajstić information content (AvgIpc) is 3.66. The van der Waals surface area contributed by atoms with Gasteiger partial charge >= 0.3 is 0 Å². The third-order valence-corrected chi connectivity index (χ3v) is 11.2. The van der Waals surface area contributed by atoms with Crippen LogP contribution in [-0.2, 0) is 20.7 Å². The molecule has 1 saturated carbocycles. The molecule has 7 rings (SSSR count). The maximum absolute atomic E-state index is 14.0. The van der Waals surface area contributed by atoms with E-state index in [1.54, 1.807) is 7.11 Å². The highest BCUT2D eigenvalue weighted by atomic mass is 35.5. The topological polar surface area (TPSA) is 87.7 Å². The highest BCUT2D eigenvalue weighted by Gasteiger charge is 2.37. The molecule has 3 fully saturated rings. The van der Waals surface area contributed by atoms with Gasteiger partial charge in [0.1, 0.15) is 12.4 Å². The van der Waals surface area contributed by atoms with E-state index in [0.717, 1.165) is 93.0 Å². The third kappa shape index (κ3) is 7.43. The SMILES string of the molecule is COc1cc2c(cc1OCC1CCCO1)C(c1ccc(Cl)cc1)N(c1ccc(N(C)CC3CCC(N4CCN(C)C(=O)C4)CC3)nc1)C(=O)C2. The van der Waals surface area contributed by atoms with E-state index < -0.39 is 6.04 Å². The van der Waals surface area contributed by atoms with Crippen LogP contribution in [0.4, 0.5) is 11.5 Å². The van der Waals surface area contributed by atoms with Gasteiger partial charge in [-0.15, -0.1) is 0 Å². The molecule has 2 atom stereocenters. The molecule has 3 aromatic rings. The quantitative estimate of drug-likeness (QED) is 0.264. The monoisotopic (exact) mass is 701 g/mol. The fourth-order valence-corrected chi connectivity index (χ4v) is 8.19. The zero-order valence-corrected chi connectivity index (χ0v) is 30.1. The molecule has 0 bridgehead atoms. The van der Waals surface area contributed by atoms with Crippen LogP contribution in [-0.4, -0.2) is 99.3 Å². The van der Waals surface area contributed by atoms with Crippen LogP contribution < -0.4 is 19.3 Å². The smallest absolute Gasteiger partial charge is 0.236 e. The van der Waals surface area contributed by atoms with Crippen molar-refractivity contribution < 1.29 is 23.8 Å². The van der Waals surface area contributed by atoms with Crippen LogP contribution >= 0.6 is 11.6 Å². The van der Waals surface area contributed by atoms with Crippen LogP contribution in [0.1, 0.15) is 61.3 Å². The van der Waals surface area contributed by atoms with Crippen molar-refractivity contribution in [3.63, 3.8) is 0 Å². The number of rotatable bonds is 10. The second kappa shape index (κ2) is 15.2. The van der Waals surface area contributed by atoms with Gasteiger partial charge in [0, 0.05) is 51.4 Å². The van der Waals surface area contributed by atoms with Gasteiger partial charge in [-0.05, 0) is 97.5 Å². The summed E-state index contributed by atoms with van der Waals surface area (Å²) in [5.74, 6) is 2.90. The van der Waals surface area contributed by atoms with Crippen LogP contribution in [0.5, 0.6) is 11.5 Å². The molecular formula is C39H48ClN5O5. The van der Waals surface area contributed by atoms with Crippen molar-refractivity contribution >= 4 is 34.9 Å². The molecular weight excluding hydrogens is 654 g/mol. The summed E-state index contributed by atoms with van der Waals surface area (Å²) >= 11 is 6.31. The molecule has 4 aliphatic rings. The first-order valence-electron chi connectivity index (χ1n) is 17.9. The van der Waals surface area contributed by atoms with Crippen LogP contribution in [0.25, 0.3) is 0 Å². The normalized spacial score (nSPS) is 24.3. The van der Waals surface area contributed by atoms with E-state index in [-0.39, 0.29) is 24.3 Å². The van der Waals surface area contributed by atoms with Crippen molar-refractivity contribution in [2.75, 3.05) is 70.4 Å². The number of nitrogens with zero attached hydrogens (tertiary/aromatic N) is 5. The number of amides is 2. The third-order valence-electron chi connectivity index (χ3n) is 11.0. The van der Waals surface area contributed by atoms with Gasteiger partial charge in [-0.25, -0.2) is 4.98 Å². The maximum atomic E-state index is 14.0. The van der Waals surface area contributed by atoms with Crippen molar-refractivity contribution in [3.05, 3.63) is 76.4 Å². The first kappa shape index (κ1) is 34.6. The lowest BCUT2D eigenvalue weighted by Gasteiger charge is -2.41. The summed E-state index contributed by atoms with van der Waals surface area (Å²) < 4.78 is 17.8. The molecule has 0 N–H and O–H groups in total. The fraction of sp³-hybridized carbons (Fsp3) is 0.513. The molecule has 0 spiro atoms. The first-order valence-corrected chi connectivity index (χ1v) is 18.3. The van der Waals surface area contributed by atoms with E-state index in [1.165, 1.54) is 0 Å². The van der Waals surface area contributed by atoms with Crippen molar-refractivity contribution in [1.29, 1.82) is 0 Å². The molecule has 1 aromatic heterocycles. The second-order valence-electron chi connectivity index (χ2n) is 14.3. The number of hydrogen-bond acceptors (Lipinski definition) is 8. The highest BCUT2D eigenvalue weighted by Crippen LogP contribution is 2.44. The van der Waals surface area contributed by atoms with Crippen LogP contribution in [0, 0.1) is 5.92 Å². The zero-order chi connectivity index (χ0) is 34.8. The van der Waals surface area contributed by atoms with Crippen molar-refractivity contribution in [3.8, 4) is 11.5 Å². The summed E-state index contributed by atoms with van der Waals surface area (Å²) in [4.78, 5) is 39.4. The van der Waals surface area contributed by atoms with Gasteiger partial charge in [-0.1, -0.05) is 23.7 Å². The lowest BCUT2D eigenvalue weighted by molar-refractivity contribution is -0.135. The summed E-state index contributed by atoms with van der Waals surface area (Å²) in [5, 5.41) is 0.634. The van der Waals surface area contributed by atoms with E-state index in [2.05, 4.69) is 16.8 Å². The van der Waals surface area contributed by atoms with Crippen molar-refractivity contribution in [2.45, 2.75) is 63.1 Å². The number of ether oxygens (including phenoxy) is 3. The van der Waals surface area contributed by atoms with E-state index in [9.17, 15) is 9.59 Å². The minimum absolute atomic E-state index is 0.0192. The van der Waals surface area contributed by atoms with Gasteiger partial charge in [0.15, 0.2) is 11.5 Å². The van der Waals surface area contributed by atoms with E-state index >= 15 is 0 Å². The number of likely N-dealkylation sites (N-methyl/N-ethyl adjacent to an activating group) is 1. The van der Waals surface area contributed by atoms with Crippen molar-refractivity contribution in [1.82, 2.24) is 14.8 Å². The number of carbonyl (C=O) groups is 2. The average molecular weight is 702 g/mol. The standard InChI is InChI=1S/C39H48ClN5O5/c1-42-16-17-44(24-38(42)47)30-12-6-26(7-13-30)23-43(2)36-15-14-31(22-41-36)45-37(46)20-28-19-34(48-3)35(50-25-32-5-4-18-49-32)21-33(28)39(45)27-8-10-29(40)11-9-27/h8-11,14-15,19,21-22,26,30,32,39H,4-7,12-13,16-18,20,23-25H2,1-3H3. The predicted octanol–water partition coefficient (Wildman–Crippen LogP) is 5.75. The number of benzene rings is 2. The number of pyridine rings is 1. The fourth-order valence-electron chi connectivity index (χ4n) is 8.06. The number of anilines is 2. The van der Waals surface area contributed by atoms with E-state index in [0.29, 0.717) is 41.6 Å². The largest absolute Gasteiger partial charge is 0.493 e. The molecule has 50 heavy (non-hydrogen) atoms. The Morgan fingerprint density at radius 1 is 0.980 bits per heavy atom. The minimum atomic E-state index is -0.407. The number of aromatic nitrogens is 1. The molecule has 11 heteroatoms. The number of carbonyl (C=O) groups excluding carboxylic acids is 2. The number of fused-ring (bicyclic) bond motifs is 1. The Hall–Kier alpha value is -3.86. The molecule has 2 aromatic carbocycles. The Morgan fingerprint density at radius 2 is 1.78 bits per heavy atom. The molecule has 3 aliphatic heterocycles. The van der Waals surface area contributed by atoms with Gasteiger partial charge in [-0.3, -0.25) is 19.4 Å². The summed E-state index contributed by atoms with van der Waals surface area (Å²) in [7, 11) is 5.62. The Balaban J connectivity index is 1.08. The Labute approximate surface area is 300 Å². The summed E-state index contributed by atoms with van der Waals surface area (Å²) in [5.41, 5.74) is 3.56. The van der Waals surface area contributed by atoms with Gasteiger partial charge in [-0.2, -0.15) is 0 Å². The number of hydrogen-bond donors (Lipinski definition) is 0. The Morgan fingerprint density at radius 3 is 2.46 bits per heavy atom. The minimum Gasteiger partial charge on any atom is -0.493 e. The van der Waals surface area contributed by atoms with Crippen molar-refractivity contribution in [2.24, 2.45) is 5.92 Å². The number of piperazine rings is 1. The first-order chi connectivity index (χ1) is 24.3. The number of halogens is 1. The van der Waals surface area contributed by atoms with Crippen LogP contribution in [0.3, 0.4) is 0 Å². The maximum Gasteiger partial charge on any atom is 0.236 e. The predicted molar refractivity (Wildman–Crippen MR) is 194 cm³/mol. The van der Waals surface area contributed by atoms with E-state index in [4.69, 9.17) is 30.8 Å². The molecule has 2 unspecified atom stereocenters. The highest BCUT2D eigenvalue weighted by molar-refractivity contribution is 6.30. The number of methoxy groups -OCH3 is 1.